The molecule has 0 spiro atoms. The molecule has 0 aromatic carbocycles. The van der Waals surface area contributed by atoms with Gasteiger partial charge in [0.2, 0.25) is 0 Å². The van der Waals surface area contributed by atoms with Crippen LogP contribution in [0.5, 0.6) is 0 Å². The van der Waals surface area contributed by atoms with Gasteiger partial charge in [0.05, 0.1) is 0 Å². The highest BCUT2D eigenvalue weighted by molar-refractivity contribution is 5.82. The Morgan fingerprint density at radius 1 is 1.45 bits per heavy atom. The minimum atomic E-state index is 0.367. The predicted molar refractivity (Wildman–Crippen MR) is 46.4 cm³/mol. The summed E-state index contributed by atoms with van der Waals surface area (Å²) in [6, 6.07) is 0. The zero-order valence-corrected chi connectivity index (χ0v) is 7.76. The van der Waals surface area contributed by atoms with E-state index in [9.17, 15) is 4.79 Å². The van der Waals surface area contributed by atoms with E-state index in [-0.39, 0.29) is 0 Å². The second-order valence-corrected chi connectivity index (χ2v) is 4.00. The summed E-state index contributed by atoms with van der Waals surface area (Å²) < 4.78 is 0. The fraction of sp³-hybridized carbons (Fsp3) is 0.900. The lowest BCUT2D eigenvalue weighted by molar-refractivity contribution is -0.127. The molecule has 1 rings (SSSR count). The highest BCUT2D eigenvalue weighted by Gasteiger charge is 2.30. The molecule has 0 radical (unpaired) electrons. The van der Waals surface area contributed by atoms with Gasteiger partial charge in [0.15, 0.2) is 0 Å². The molecule has 0 aromatic heterocycles. The first kappa shape index (κ1) is 8.76. The molecule has 0 saturated heterocycles. The number of carbonyl (C=O) groups is 1. The largest absolute Gasteiger partial charge is 0.299 e. The van der Waals surface area contributed by atoms with Gasteiger partial charge in [-0.15, -0.1) is 0 Å². The van der Waals surface area contributed by atoms with E-state index < -0.39 is 0 Å². The van der Waals surface area contributed by atoms with E-state index in [4.69, 9.17) is 0 Å². The average Bonchev–Trinajstić information content (AvgIpc) is 1.85. The minimum absolute atomic E-state index is 0.367. The van der Waals surface area contributed by atoms with E-state index in [2.05, 4.69) is 20.8 Å². The van der Waals surface area contributed by atoms with Gasteiger partial charge in [-0.3, -0.25) is 4.79 Å². The molecule has 64 valence electrons. The van der Waals surface area contributed by atoms with E-state index in [0.29, 0.717) is 23.5 Å². The highest BCUT2D eigenvalue weighted by atomic mass is 16.1. The monoisotopic (exact) mass is 154 g/mol. The van der Waals surface area contributed by atoms with Gasteiger partial charge >= 0.3 is 0 Å². The van der Waals surface area contributed by atoms with Crippen molar-refractivity contribution in [2.75, 3.05) is 0 Å². The number of hydrogen-bond donors (Lipinski definition) is 0. The van der Waals surface area contributed by atoms with E-state index in [1.807, 2.05) is 0 Å². The molecule has 0 amide bonds. The fourth-order valence-corrected chi connectivity index (χ4v) is 2.32. The van der Waals surface area contributed by atoms with Crippen molar-refractivity contribution in [3.8, 4) is 0 Å². The van der Waals surface area contributed by atoms with E-state index in [1.165, 1.54) is 6.42 Å². The number of Topliss-reactive ketones (excluding diaryl/α,β-unsaturated/α-hetero) is 1. The van der Waals surface area contributed by atoms with Crippen molar-refractivity contribution in [2.45, 2.75) is 40.0 Å². The van der Waals surface area contributed by atoms with Crippen molar-refractivity contribution in [3.05, 3.63) is 0 Å². The third kappa shape index (κ3) is 1.82. The van der Waals surface area contributed by atoms with Crippen molar-refractivity contribution in [2.24, 2.45) is 17.8 Å². The minimum Gasteiger partial charge on any atom is -0.299 e. The zero-order valence-electron chi connectivity index (χ0n) is 7.76. The molecule has 0 aliphatic heterocycles. The Labute approximate surface area is 69.2 Å². The van der Waals surface area contributed by atoms with E-state index in [0.717, 1.165) is 12.8 Å². The Bertz CT molecular complexity index is 151. The summed E-state index contributed by atoms with van der Waals surface area (Å²) in [6.45, 7) is 6.51. The van der Waals surface area contributed by atoms with Crippen LogP contribution in [0, 0.1) is 17.8 Å². The molecule has 0 N–H and O–H groups in total. The Morgan fingerprint density at radius 3 is 2.55 bits per heavy atom. The number of hydrogen-bond acceptors (Lipinski definition) is 1. The summed E-state index contributed by atoms with van der Waals surface area (Å²) in [5, 5.41) is 0. The van der Waals surface area contributed by atoms with Gasteiger partial charge in [-0.25, -0.2) is 0 Å². The maximum atomic E-state index is 11.4. The SMILES string of the molecule is CCC1C(=O)C[C@H](C)C[C@H]1C. The third-order valence-electron chi connectivity index (χ3n) is 2.86. The first-order chi connectivity index (χ1) is 5.15. The fourth-order valence-electron chi connectivity index (χ4n) is 2.32. The topological polar surface area (TPSA) is 17.1 Å². The summed E-state index contributed by atoms with van der Waals surface area (Å²) in [5.41, 5.74) is 0. The van der Waals surface area contributed by atoms with Crippen LogP contribution in [0.2, 0.25) is 0 Å². The Kier molecular flexibility index (Phi) is 2.69. The molecular formula is C10H18O. The summed E-state index contributed by atoms with van der Waals surface area (Å²) >= 11 is 0. The van der Waals surface area contributed by atoms with Gasteiger partial charge in [0.1, 0.15) is 5.78 Å². The molecule has 1 aliphatic carbocycles. The lowest BCUT2D eigenvalue weighted by Gasteiger charge is -2.30. The molecule has 0 aromatic rings. The van der Waals surface area contributed by atoms with Crippen molar-refractivity contribution in [3.63, 3.8) is 0 Å². The molecule has 1 unspecified atom stereocenters. The summed E-state index contributed by atoms with van der Waals surface area (Å²) in [4.78, 5) is 11.4. The average molecular weight is 154 g/mol. The van der Waals surface area contributed by atoms with Crippen LogP contribution in [0.25, 0.3) is 0 Å². The quantitative estimate of drug-likeness (QED) is 0.567. The highest BCUT2D eigenvalue weighted by Crippen LogP contribution is 2.32. The molecule has 1 aliphatic rings. The third-order valence-corrected chi connectivity index (χ3v) is 2.86. The smallest absolute Gasteiger partial charge is 0.136 e. The lowest BCUT2D eigenvalue weighted by atomic mass is 9.74. The van der Waals surface area contributed by atoms with Crippen molar-refractivity contribution in [1.82, 2.24) is 0 Å². The molecule has 0 heterocycles. The van der Waals surface area contributed by atoms with Crippen LogP contribution < -0.4 is 0 Å². The molecular weight excluding hydrogens is 136 g/mol. The maximum absolute atomic E-state index is 11.4. The Balaban J connectivity index is 2.59. The van der Waals surface area contributed by atoms with Crippen LogP contribution in [-0.4, -0.2) is 5.78 Å². The molecule has 3 atom stereocenters. The molecule has 1 fully saturated rings. The zero-order chi connectivity index (χ0) is 8.43. The standard InChI is InChI=1S/C10H18O/c1-4-9-8(3)5-7(2)6-10(9)11/h7-9H,4-6H2,1-3H3/t7-,8-,9?/m1/s1. The van der Waals surface area contributed by atoms with Crippen molar-refractivity contribution < 1.29 is 4.79 Å². The van der Waals surface area contributed by atoms with Gasteiger partial charge < -0.3 is 0 Å². The van der Waals surface area contributed by atoms with Crippen LogP contribution in [-0.2, 0) is 4.79 Å². The second kappa shape index (κ2) is 3.38. The Hall–Kier alpha value is -0.330. The molecule has 1 nitrogen and oxygen atoms in total. The van der Waals surface area contributed by atoms with Crippen LogP contribution in [0.3, 0.4) is 0 Å². The predicted octanol–water partition coefficient (Wildman–Crippen LogP) is 2.65. The first-order valence-corrected chi connectivity index (χ1v) is 4.67. The van der Waals surface area contributed by atoms with Gasteiger partial charge in [0, 0.05) is 12.3 Å². The van der Waals surface area contributed by atoms with Gasteiger partial charge in [-0.2, -0.15) is 0 Å². The van der Waals surface area contributed by atoms with Crippen LogP contribution in [0.15, 0.2) is 0 Å². The Morgan fingerprint density at radius 2 is 2.09 bits per heavy atom. The van der Waals surface area contributed by atoms with Crippen LogP contribution in [0.4, 0.5) is 0 Å². The summed E-state index contributed by atoms with van der Waals surface area (Å²) in [7, 11) is 0. The maximum Gasteiger partial charge on any atom is 0.136 e. The molecule has 1 heteroatoms. The lowest BCUT2D eigenvalue weighted by Crippen LogP contribution is -2.29. The van der Waals surface area contributed by atoms with Gasteiger partial charge in [-0.05, 0) is 24.7 Å². The molecule has 11 heavy (non-hydrogen) atoms. The molecule has 1 saturated carbocycles. The second-order valence-electron chi connectivity index (χ2n) is 4.00. The van der Waals surface area contributed by atoms with Crippen LogP contribution in [0.1, 0.15) is 40.0 Å². The van der Waals surface area contributed by atoms with E-state index >= 15 is 0 Å². The normalized spacial score (nSPS) is 39.2. The van der Waals surface area contributed by atoms with Crippen molar-refractivity contribution >= 4 is 5.78 Å². The van der Waals surface area contributed by atoms with Gasteiger partial charge in [-0.1, -0.05) is 20.8 Å². The summed E-state index contributed by atoms with van der Waals surface area (Å²) in [6.07, 6.45) is 3.10. The van der Waals surface area contributed by atoms with Crippen LogP contribution >= 0.6 is 0 Å². The number of carbonyl (C=O) groups excluding carboxylic acids is 1. The number of rotatable bonds is 1. The van der Waals surface area contributed by atoms with Crippen molar-refractivity contribution in [1.29, 1.82) is 0 Å². The molecule has 0 bridgehead atoms. The number of ketones is 1. The first-order valence-electron chi connectivity index (χ1n) is 4.67. The van der Waals surface area contributed by atoms with Gasteiger partial charge in [0.25, 0.3) is 0 Å². The van der Waals surface area contributed by atoms with E-state index in [1.54, 1.807) is 0 Å². The summed E-state index contributed by atoms with van der Waals surface area (Å²) in [5.74, 6) is 2.11.